The van der Waals surface area contributed by atoms with Gasteiger partial charge < -0.3 is 10.6 Å². The Kier molecular flexibility index (Phi) is 5.73. The second-order valence-electron chi connectivity index (χ2n) is 6.11. The Bertz CT molecular complexity index is 403. The molecule has 0 aliphatic heterocycles. The summed E-state index contributed by atoms with van der Waals surface area (Å²) in [5.74, 6) is 2.15. The van der Waals surface area contributed by atoms with Crippen molar-refractivity contribution in [2.45, 2.75) is 48.1 Å². The third-order valence-corrected chi connectivity index (χ3v) is 3.23. The van der Waals surface area contributed by atoms with Gasteiger partial charge in [-0.3, -0.25) is 0 Å². The molecule has 0 bridgehead atoms. The SMILES string of the molecule is Cc1nnc(N(CC(C)C)CC(C)C)c(CN)c1C. The van der Waals surface area contributed by atoms with E-state index in [9.17, 15) is 0 Å². The van der Waals surface area contributed by atoms with E-state index < -0.39 is 0 Å². The second kappa shape index (κ2) is 6.85. The quantitative estimate of drug-likeness (QED) is 0.858. The molecule has 4 heteroatoms. The molecule has 1 aromatic rings. The first-order chi connectivity index (χ1) is 8.86. The van der Waals surface area contributed by atoms with Crippen LogP contribution in [0.25, 0.3) is 0 Å². The van der Waals surface area contributed by atoms with Crippen molar-refractivity contribution in [3.05, 3.63) is 16.8 Å². The van der Waals surface area contributed by atoms with E-state index in [1.54, 1.807) is 0 Å². The molecule has 1 rings (SSSR count). The molecule has 0 atom stereocenters. The van der Waals surface area contributed by atoms with Gasteiger partial charge in [0.1, 0.15) is 0 Å². The van der Waals surface area contributed by atoms with Gasteiger partial charge in [-0.05, 0) is 31.2 Å². The number of aryl methyl sites for hydroxylation is 1. The maximum atomic E-state index is 5.93. The lowest BCUT2D eigenvalue weighted by Gasteiger charge is -2.29. The zero-order chi connectivity index (χ0) is 14.6. The van der Waals surface area contributed by atoms with Gasteiger partial charge in [0, 0.05) is 25.2 Å². The molecule has 0 saturated heterocycles. The molecule has 1 aromatic heterocycles. The molecular weight excluding hydrogens is 236 g/mol. The molecule has 108 valence electrons. The van der Waals surface area contributed by atoms with Gasteiger partial charge in [0.15, 0.2) is 5.82 Å². The first kappa shape index (κ1) is 15.9. The first-order valence-corrected chi connectivity index (χ1v) is 7.14. The van der Waals surface area contributed by atoms with Gasteiger partial charge in [-0.25, -0.2) is 0 Å². The van der Waals surface area contributed by atoms with E-state index in [2.05, 4.69) is 49.7 Å². The predicted octanol–water partition coefficient (Wildman–Crippen LogP) is 2.67. The Balaban J connectivity index is 3.17. The second-order valence-corrected chi connectivity index (χ2v) is 6.11. The van der Waals surface area contributed by atoms with Crippen molar-refractivity contribution in [2.24, 2.45) is 17.6 Å². The summed E-state index contributed by atoms with van der Waals surface area (Å²) >= 11 is 0. The van der Waals surface area contributed by atoms with Crippen molar-refractivity contribution >= 4 is 5.82 Å². The fraction of sp³-hybridized carbons (Fsp3) is 0.733. The number of nitrogens with zero attached hydrogens (tertiary/aromatic N) is 3. The average molecular weight is 264 g/mol. The minimum Gasteiger partial charge on any atom is -0.354 e. The van der Waals surface area contributed by atoms with Gasteiger partial charge in [-0.15, -0.1) is 5.10 Å². The summed E-state index contributed by atoms with van der Waals surface area (Å²) in [5.41, 5.74) is 9.20. The van der Waals surface area contributed by atoms with Crippen LogP contribution in [0.4, 0.5) is 5.82 Å². The van der Waals surface area contributed by atoms with E-state index >= 15 is 0 Å². The van der Waals surface area contributed by atoms with E-state index in [1.165, 1.54) is 5.56 Å². The smallest absolute Gasteiger partial charge is 0.156 e. The highest BCUT2D eigenvalue weighted by Gasteiger charge is 2.18. The molecule has 0 amide bonds. The third kappa shape index (κ3) is 4.16. The summed E-state index contributed by atoms with van der Waals surface area (Å²) in [6.45, 7) is 15.5. The third-order valence-electron chi connectivity index (χ3n) is 3.23. The Morgan fingerprint density at radius 2 is 1.53 bits per heavy atom. The minimum atomic E-state index is 0.518. The number of aromatic nitrogens is 2. The molecule has 4 nitrogen and oxygen atoms in total. The van der Waals surface area contributed by atoms with Crippen molar-refractivity contribution < 1.29 is 0 Å². The molecule has 0 aromatic carbocycles. The van der Waals surface area contributed by atoms with Crippen molar-refractivity contribution in [1.82, 2.24) is 10.2 Å². The normalized spacial score (nSPS) is 11.4. The standard InChI is InChI=1S/C15H28N4/c1-10(2)8-19(9-11(3)4)15-14(7-16)12(5)13(6)17-18-15/h10-11H,7-9,16H2,1-6H3. The van der Waals surface area contributed by atoms with Crippen LogP contribution in [0.1, 0.15) is 44.5 Å². The molecule has 1 heterocycles. The number of rotatable bonds is 6. The summed E-state index contributed by atoms with van der Waals surface area (Å²) in [7, 11) is 0. The van der Waals surface area contributed by atoms with E-state index in [0.717, 1.165) is 30.2 Å². The zero-order valence-electron chi connectivity index (χ0n) is 13.2. The highest BCUT2D eigenvalue weighted by molar-refractivity contribution is 5.50. The topological polar surface area (TPSA) is 55.0 Å². The Hall–Kier alpha value is -1.16. The van der Waals surface area contributed by atoms with E-state index in [1.807, 2.05) is 6.92 Å². The number of anilines is 1. The summed E-state index contributed by atoms with van der Waals surface area (Å²) < 4.78 is 0. The molecule has 0 fully saturated rings. The van der Waals surface area contributed by atoms with Crippen LogP contribution in [0, 0.1) is 25.7 Å². The van der Waals surface area contributed by atoms with Crippen molar-refractivity contribution in [3.8, 4) is 0 Å². The largest absolute Gasteiger partial charge is 0.354 e. The van der Waals surface area contributed by atoms with Crippen LogP contribution in [0.2, 0.25) is 0 Å². The van der Waals surface area contributed by atoms with E-state index in [0.29, 0.717) is 18.4 Å². The van der Waals surface area contributed by atoms with Crippen LogP contribution < -0.4 is 10.6 Å². The lowest BCUT2D eigenvalue weighted by atomic mass is 10.1. The number of nitrogens with two attached hydrogens (primary N) is 1. The van der Waals surface area contributed by atoms with Crippen LogP contribution in [0.15, 0.2) is 0 Å². The van der Waals surface area contributed by atoms with Crippen LogP contribution in [-0.4, -0.2) is 23.3 Å². The van der Waals surface area contributed by atoms with Crippen LogP contribution in [0.5, 0.6) is 0 Å². The van der Waals surface area contributed by atoms with Gasteiger partial charge in [-0.1, -0.05) is 27.7 Å². The maximum absolute atomic E-state index is 5.93. The molecule has 0 radical (unpaired) electrons. The average Bonchev–Trinajstić information content (AvgIpc) is 2.30. The summed E-state index contributed by atoms with van der Waals surface area (Å²) in [6, 6.07) is 0. The molecule has 0 aliphatic carbocycles. The van der Waals surface area contributed by atoms with Gasteiger partial charge in [0.25, 0.3) is 0 Å². The van der Waals surface area contributed by atoms with E-state index in [4.69, 9.17) is 5.73 Å². The molecule has 0 saturated carbocycles. The lowest BCUT2D eigenvalue weighted by Crippen LogP contribution is -2.33. The lowest BCUT2D eigenvalue weighted by molar-refractivity contribution is 0.544. The monoisotopic (exact) mass is 264 g/mol. The van der Waals surface area contributed by atoms with Crippen LogP contribution in [-0.2, 0) is 6.54 Å². The Morgan fingerprint density at radius 3 is 1.95 bits per heavy atom. The predicted molar refractivity (Wildman–Crippen MR) is 81.3 cm³/mol. The summed E-state index contributed by atoms with van der Waals surface area (Å²) in [5, 5.41) is 8.69. The molecule has 2 N–H and O–H groups in total. The van der Waals surface area contributed by atoms with Gasteiger partial charge in [0.05, 0.1) is 5.69 Å². The van der Waals surface area contributed by atoms with Crippen LogP contribution in [0.3, 0.4) is 0 Å². The fourth-order valence-corrected chi connectivity index (χ4v) is 2.27. The maximum Gasteiger partial charge on any atom is 0.156 e. The summed E-state index contributed by atoms with van der Waals surface area (Å²) in [6.07, 6.45) is 0. The first-order valence-electron chi connectivity index (χ1n) is 7.14. The zero-order valence-corrected chi connectivity index (χ0v) is 13.2. The molecule has 0 aliphatic rings. The Morgan fingerprint density at radius 1 is 1.00 bits per heavy atom. The highest BCUT2D eigenvalue weighted by atomic mass is 15.3. The summed E-state index contributed by atoms with van der Waals surface area (Å²) in [4.78, 5) is 2.33. The van der Waals surface area contributed by atoms with Gasteiger partial charge >= 0.3 is 0 Å². The number of hydrogen-bond acceptors (Lipinski definition) is 4. The fourth-order valence-electron chi connectivity index (χ4n) is 2.27. The minimum absolute atomic E-state index is 0.518. The van der Waals surface area contributed by atoms with Crippen LogP contribution >= 0.6 is 0 Å². The van der Waals surface area contributed by atoms with Gasteiger partial charge in [-0.2, -0.15) is 5.10 Å². The van der Waals surface area contributed by atoms with Gasteiger partial charge in [0.2, 0.25) is 0 Å². The Labute approximate surface area is 117 Å². The van der Waals surface area contributed by atoms with Crippen molar-refractivity contribution in [2.75, 3.05) is 18.0 Å². The van der Waals surface area contributed by atoms with Crippen molar-refractivity contribution in [1.29, 1.82) is 0 Å². The number of hydrogen-bond donors (Lipinski definition) is 1. The van der Waals surface area contributed by atoms with Crippen molar-refractivity contribution in [3.63, 3.8) is 0 Å². The molecule has 0 unspecified atom stereocenters. The molecule has 0 spiro atoms. The highest BCUT2D eigenvalue weighted by Crippen LogP contribution is 2.23. The molecule has 19 heavy (non-hydrogen) atoms. The molecular formula is C15H28N4. The van der Waals surface area contributed by atoms with E-state index in [-0.39, 0.29) is 0 Å².